The van der Waals surface area contributed by atoms with E-state index in [1.165, 1.54) is 17.7 Å². The maximum Gasteiger partial charge on any atom is 0.225 e. The van der Waals surface area contributed by atoms with E-state index in [1.807, 2.05) is 0 Å². The topological polar surface area (TPSA) is 20.3 Å². The van der Waals surface area contributed by atoms with Gasteiger partial charge in [-0.3, -0.25) is 4.79 Å². The highest BCUT2D eigenvalue weighted by Gasteiger charge is 2.39. The molecule has 0 saturated heterocycles. The average Bonchev–Trinajstić information content (AvgIpc) is 3.18. The molecular formula is C13H17NOS. The first-order chi connectivity index (χ1) is 7.84. The van der Waals surface area contributed by atoms with Crippen molar-refractivity contribution in [2.24, 2.45) is 5.92 Å². The molecule has 0 unspecified atom stereocenters. The Morgan fingerprint density at radius 1 is 1.38 bits per heavy atom. The molecule has 2 aliphatic carbocycles. The van der Waals surface area contributed by atoms with Gasteiger partial charge in [-0.2, -0.15) is 0 Å². The van der Waals surface area contributed by atoms with Gasteiger partial charge in [0, 0.05) is 23.4 Å². The minimum Gasteiger partial charge on any atom is -0.339 e. The predicted molar refractivity (Wildman–Crippen MR) is 65.5 cm³/mol. The van der Waals surface area contributed by atoms with Gasteiger partial charge < -0.3 is 4.90 Å². The van der Waals surface area contributed by atoms with Gasteiger partial charge >= 0.3 is 0 Å². The molecule has 0 atom stereocenters. The molecule has 3 rings (SSSR count). The number of carbonyl (C=O) groups excluding carboxylic acids is 1. The summed E-state index contributed by atoms with van der Waals surface area (Å²) in [6.45, 7) is 0.931. The fourth-order valence-corrected chi connectivity index (χ4v) is 2.81. The Balaban J connectivity index is 1.58. The van der Waals surface area contributed by atoms with E-state index in [0.29, 0.717) is 17.9 Å². The second-order valence-electron chi connectivity index (χ2n) is 4.87. The number of nitrogens with zero attached hydrogens (tertiary/aromatic N) is 1. The highest BCUT2D eigenvalue weighted by molar-refractivity contribution is 7.09. The van der Waals surface area contributed by atoms with E-state index in [9.17, 15) is 4.79 Å². The Labute approximate surface area is 100 Å². The van der Waals surface area contributed by atoms with E-state index >= 15 is 0 Å². The van der Waals surface area contributed by atoms with E-state index in [-0.39, 0.29) is 0 Å². The fraction of sp³-hybridized carbons (Fsp3) is 0.615. The van der Waals surface area contributed by atoms with Gasteiger partial charge in [-0.05, 0) is 43.6 Å². The molecule has 2 fully saturated rings. The van der Waals surface area contributed by atoms with Crippen molar-refractivity contribution in [1.82, 2.24) is 4.90 Å². The molecule has 86 valence electrons. The molecule has 1 aromatic heterocycles. The second kappa shape index (κ2) is 4.21. The summed E-state index contributed by atoms with van der Waals surface area (Å²) in [6, 6.07) is 4.83. The van der Waals surface area contributed by atoms with Crippen LogP contribution in [0.3, 0.4) is 0 Å². The van der Waals surface area contributed by atoms with E-state index in [0.717, 1.165) is 25.8 Å². The number of hydrogen-bond donors (Lipinski definition) is 0. The molecule has 2 nitrogen and oxygen atoms in total. The lowest BCUT2D eigenvalue weighted by Gasteiger charge is -2.22. The largest absolute Gasteiger partial charge is 0.339 e. The molecule has 1 aromatic rings. The number of rotatable bonds is 5. The van der Waals surface area contributed by atoms with E-state index in [1.54, 1.807) is 11.3 Å². The molecule has 0 radical (unpaired) electrons. The smallest absolute Gasteiger partial charge is 0.225 e. The summed E-state index contributed by atoms with van der Waals surface area (Å²) >= 11 is 1.79. The van der Waals surface area contributed by atoms with Crippen molar-refractivity contribution in [3.8, 4) is 0 Å². The molecule has 2 saturated carbocycles. The maximum absolute atomic E-state index is 12.1. The van der Waals surface area contributed by atoms with Crippen LogP contribution >= 0.6 is 11.3 Å². The van der Waals surface area contributed by atoms with Gasteiger partial charge in [-0.15, -0.1) is 11.3 Å². The first kappa shape index (κ1) is 10.3. The minimum atomic E-state index is 0.379. The third kappa shape index (κ3) is 2.29. The van der Waals surface area contributed by atoms with Crippen LogP contribution in [0.4, 0.5) is 0 Å². The van der Waals surface area contributed by atoms with E-state index in [4.69, 9.17) is 0 Å². The number of thiophene rings is 1. The molecule has 16 heavy (non-hydrogen) atoms. The molecule has 1 heterocycles. The molecule has 0 aromatic carbocycles. The minimum absolute atomic E-state index is 0.379. The first-order valence-corrected chi connectivity index (χ1v) is 7.05. The SMILES string of the molecule is O=C(C1CC1)N(CCc1cccs1)C1CC1. The van der Waals surface area contributed by atoms with Crippen molar-refractivity contribution in [3.05, 3.63) is 22.4 Å². The fourth-order valence-electron chi connectivity index (χ4n) is 2.11. The quantitative estimate of drug-likeness (QED) is 0.768. The lowest BCUT2D eigenvalue weighted by atomic mass is 10.2. The van der Waals surface area contributed by atoms with Crippen LogP contribution in [0.1, 0.15) is 30.6 Å². The Bertz CT molecular complexity index is 365. The molecule has 3 heteroatoms. The third-order valence-corrected chi connectivity index (χ3v) is 4.31. The van der Waals surface area contributed by atoms with Crippen LogP contribution < -0.4 is 0 Å². The van der Waals surface area contributed by atoms with Gasteiger partial charge in [0.1, 0.15) is 0 Å². The first-order valence-electron chi connectivity index (χ1n) is 6.17. The van der Waals surface area contributed by atoms with Crippen molar-refractivity contribution in [3.63, 3.8) is 0 Å². The average molecular weight is 235 g/mol. The molecule has 0 spiro atoms. The van der Waals surface area contributed by atoms with Crippen LogP contribution in [-0.4, -0.2) is 23.4 Å². The predicted octanol–water partition coefficient (Wildman–Crippen LogP) is 2.69. The zero-order chi connectivity index (χ0) is 11.0. The second-order valence-corrected chi connectivity index (χ2v) is 5.90. The van der Waals surface area contributed by atoms with Crippen LogP contribution in [0.5, 0.6) is 0 Å². The highest BCUT2D eigenvalue weighted by Crippen LogP contribution is 2.36. The van der Waals surface area contributed by atoms with E-state index in [2.05, 4.69) is 22.4 Å². The number of carbonyl (C=O) groups is 1. The summed E-state index contributed by atoms with van der Waals surface area (Å²) in [7, 11) is 0. The summed E-state index contributed by atoms with van der Waals surface area (Å²) in [5, 5.41) is 2.11. The van der Waals surface area contributed by atoms with Crippen molar-refractivity contribution in [2.45, 2.75) is 38.1 Å². The van der Waals surface area contributed by atoms with Gasteiger partial charge in [0.05, 0.1) is 0 Å². The standard InChI is InChI=1S/C13H17NOS/c15-13(10-3-4-10)14(11-5-6-11)8-7-12-2-1-9-16-12/h1-2,9-11H,3-8H2. The summed E-state index contributed by atoms with van der Waals surface area (Å²) in [5.74, 6) is 0.808. The van der Waals surface area contributed by atoms with Gasteiger partial charge in [0.2, 0.25) is 5.91 Å². The van der Waals surface area contributed by atoms with Gasteiger partial charge in [-0.1, -0.05) is 6.07 Å². The number of amides is 1. The van der Waals surface area contributed by atoms with Crippen molar-refractivity contribution in [2.75, 3.05) is 6.54 Å². The molecule has 0 aliphatic heterocycles. The normalized spacial score (nSPS) is 19.8. The van der Waals surface area contributed by atoms with Gasteiger partial charge in [-0.25, -0.2) is 0 Å². The van der Waals surface area contributed by atoms with Crippen molar-refractivity contribution >= 4 is 17.2 Å². The van der Waals surface area contributed by atoms with E-state index < -0.39 is 0 Å². The van der Waals surface area contributed by atoms with Crippen LogP contribution in [0.15, 0.2) is 17.5 Å². The summed E-state index contributed by atoms with van der Waals surface area (Å²) in [5.41, 5.74) is 0. The van der Waals surface area contributed by atoms with Crippen LogP contribution in [0.25, 0.3) is 0 Å². The Kier molecular flexibility index (Phi) is 2.72. The zero-order valence-electron chi connectivity index (χ0n) is 9.39. The van der Waals surface area contributed by atoms with Crippen LogP contribution in [0.2, 0.25) is 0 Å². The Hall–Kier alpha value is -0.830. The molecule has 1 amide bonds. The monoisotopic (exact) mass is 235 g/mol. The van der Waals surface area contributed by atoms with Crippen molar-refractivity contribution < 1.29 is 4.79 Å². The number of hydrogen-bond acceptors (Lipinski definition) is 2. The summed E-state index contributed by atoms with van der Waals surface area (Å²) in [6.07, 6.45) is 5.74. The Morgan fingerprint density at radius 2 is 2.19 bits per heavy atom. The summed E-state index contributed by atoms with van der Waals surface area (Å²) in [4.78, 5) is 15.6. The summed E-state index contributed by atoms with van der Waals surface area (Å²) < 4.78 is 0. The van der Waals surface area contributed by atoms with Gasteiger partial charge in [0.15, 0.2) is 0 Å². The van der Waals surface area contributed by atoms with Crippen LogP contribution in [-0.2, 0) is 11.2 Å². The van der Waals surface area contributed by atoms with Crippen LogP contribution in [0, 0.1) is 5.92 Å². The van der Waals surface area contributed by atoms with Gasteiger partial charge in [0.25, 0.3) is 0 Å². The maximum atomic E-state index is 12.1. The third-order valence-electron chi connectivity index (χ3n) is 3.38. The molecule has 2 aliphatic rings. The zero-order valence-corrected chi connectivity index (χ0v) is 10.2. The highest BCUT2D eigenvalue weighted by atomic mass is 32.1. The Morgan fingerprint density at radius 3 is 2.75 bits per heavy atom. The lowest BCUT2D eigenvalue weighted by Crippen LogP contribution is -2.35. The van der Waals surface area contributed by atoms with Crippen molar-refractivity contribution in [1.29, 1.82) is 0 Å². The molecular weight excluding hydrogens is 218 g/mol. The molecule has 0 N–H and O–H groups in total. The lowest BCUT2D eigenvalue weighted by molar-refractivity contribution is -0.133. The molecule has 0 bridgehead atoms.